The van der Waals surface area contributed by atoms with Crippen molar-refractivity contribution >= 4 is 0 Å². The largest absolute Gasteiger partial charge is 0.394 e. The molecule has 152 valence electrons. The number of unbranched alkanes of at least 4 members (excludes halogenated alkanes) is 9. The van der Waals surface area contributed by atoms with Crippen molar-refractivity contribution in [3.63, 3.8) is 0 Å². The van der Waals surface area contributed by atoms with Crippen LogP contribution in [0.3, 0.4) is 0 Å². The highest BCUT2D eigenvalue weighted by Crippen LogP contribution is 2.12. The summed E-state index contributed by atoms with van der Waals surface area (Å²) in [5.74, 6) is 0. The van der Waals surface area contributed by atoms with E-state index >= 15 is 0 Å². The number of ether oxygens (including phenoxy) is 3. The number of hydrogen-bond acceptors (Lipinski definition) is 5. The van der Waals surface area contributed by atoms with Crippen LogP contribution in [0.4, 0.5) is 0 Å². The molecule has 0 aromatic rings. The summed E-state index contributed by atoms with van der Waals surface area (Å²) in [7, 11) is 0. The van der Waals surface area contributed by atoms with E-state index in [9.17, 15) is 5.11 Å². The highest BCUT2D eigenvalue weighted by atomic mass is 16.5. The summed E-state index contributed by atoms with van der Waals surface area (Å²) >= 11 is 0. The van der Waals surface area contributed by atoms with Crippen molar-refractivity contribution in [3.8, 4) is 0 Å². The maximum absolute atomic E-state index is 9.86. The molecule has 1 atom stereocenters. The molecule has 0 aliphatic rings. The van der Waals surface area contributed by atoms with Gasteiger partial charge in [-0.3, -0.25) is 0 Å². The molecular formula is C20H42O5. The molecule has 0 radical (unpaired) electrons. The Balaban J connectivity index is 3.12. The van der Waals surface area contributed by atoms with Crippen LogP contribution in [0.2, 0.25) is 0 Å². The number of aliphatic hydroxyl groups is 2. The Morgan fingerprint density at radius 3 is 1.68 bits per heavy atom. The van der Waals surface area contributed by atoms with Gasteiger partial charge in [-0.15, -0.1) is 0 Å². The van der Waals surface area contributed by atoms with Gasteiger partial charge in [0.25, 0.3) is 0 Å². The molecule has 5 nitrogen and oxygen atoms in total. The third-order valence-corrected chi connectivity index (χ3v) is 4.18. The molecular weight excluding hydrogens is 320 g/mol. The fourth-order valence-corrected chi connectivity index (χ4v) is 2.67. The zero-order valence-corrected chi connectivity index (χ0v) is 16.4. The standard InChI is InChI=1S/C20H42O5/c1-2-3-4-5-6-7-8-9-10-11-12-20(22)19-25-18-17-24-16-15-23-14-13-21/h20-22H,2-19H2,1H3. The van der Waals surface area contributed by atoms with Crippen LogP contribution in [-0.2, 0) is 14.2 Å². The molecule has 0 heterocycles. The molecule has 0 spiro atoms. The van der Waals surface area contributed by atoms with Crippen LogP contribution >= 0.6 is 0 Å². The number of aliphatic hydroxyl groups excluding tert-OH is 2. The first kappa shape index (κ1) is 24.8. The second-order valence-corrected chi connectivity index (χ2v) is 6.65. The topological polar surface area (TPSA) is 68.2 Å². The van der Waals surface area contributed by atoms with Gasteiger partial charge in [-0.2, -0.15) is 0 Å². The normalized spacial score (nSPS) is 12.6. The van der Waals surface area contributed by atoms with E-state index in [2.05, 4.69) is 6.92 Å². The van der Waals surface area contributed by atoms with Crippen LogP contribution < -0.4 is 0 Å². The Bertz CT molecular complexity index is 238. The van der Waals surface area contributed by atoms with Gasteiger partial charge in [0.05, 0.1) is 52.4 Å². The molecule has 25 heavy (non-hydrogen) atoms. The number of rotatable bonds is 21. The minimum atomic E-state index is -0.359. The molecule has 5 heteroatoms. The Kier molecular flexibility index (Phi) is 21.7. The maximum atomic E-state index is 9.86. The minimum absolute atomic E-state index is 0.0417. The first-order chi connectivity index (χ1) is 12.3. The summed E-state index contributed by atoms with van der Waals surface area (Å²) in [5, 5.41) is 18.4. The average molecular weight is 363 g/mol. The Morgan fingerprint density at radius 1 is 0.640 bits per heavy atom. The number of hydrogen-bond donors (Lipinski definition) is 2. The zero-order valence-electron chi connectivity index (χ0n) is 16.4. The molecule has 0 fully saturated rings. The first-order valence-corrected chi connectivity index (χ1v) is 10.3. The van der Waals surface area contributed by atoms with Crippen molar-refractivity contribution < 1.29 is 24.4 Å². The Labute approximate surface area is 155 Å². The van der Waals surface area contributed by atoms with Gasteiger partial charge in [0.15, 0.2) is 0 Å². The van der Waals surface area contributed by atoms with E-state index in [0.29, 0.717) is 39.6 Å². The van der Waals surface area contributed by atoms with E-state index in [1.165, 1.54) is 57.8 Å². The van der Waals surface area contributed by atoms with Crippen LogP contribution in [0.25, 0.3) is 0 Å². The lowest BCUT2D eigenvalue weighted by Gasteiger charge is -2.11. The van der Waals surface area contributed by atoms with Crippen molar-refractivity contribution in [2.45, 2.75) is 83.7 Å². The van der Waals surface area contributed by atoms with Crippen molar-refractivity contribution in [2.24, 2.45) is 0 Å². The average Bonchev–Trinajstić information content (AvgIpc) is 2.62. The predicted octanol–water partition coefficient (Wildman–Crippen LogP) is 3.70. The van der Waals surface area contributed by atoms with E-state index < -0.39 is 0 Å². The van der Waals surface area contributed by atoms with Crippen LogP contribution in [0.1, 0.15) is 77.6 Å². The summed E-state index contributed by atoms with van der Waals surface area (Å²) in [4.78, 5) is 0. The molecule has 0 aliphatic heterocycles. The minimum Gasteiger partial charge on any atom is -0.394 e. The highest BCUT2D eigenvalue weighted by molar-refractivity contribution is 4.55. The van der Waals surface area contributed by atoms with Gasteiger partial charge in [-0.1, -0.05) is 71.1 Å². The molecule has 0 aromatic heterocycles. The maximum Gasteiger partial charge on any atom is 0.0773 e. The SMILES string of the molecule is CCCCCCCCCCCCC(O)COCCOCCOCCO. The van der Waals surface area contributed by atoms with Crippen LogP contribution in [0, 0.1) is 0 Å². The summed E-state index contributed by atoms with van der Waals surface area (Å²) in [6.45, 7) is 5.03. The zero-order chi connectivity index (χ0) is 18.4. The summed E-state index contributed by atoms with van der Waals surface area (Å²) in [6, 6.07) is 0. The summed E-state index contributed by atoms with van der Waals surface area (Å²) in [5.41, 5.74) is 0. The van der Waals surface area contributed by atoms with E-state index in [-0.39, 0.29) is 12.7 Å². The van der Waals surface area contributed by atoms with Crippen LogP contribution in [0.5, 0.6) is 0 Å². The lowest BCUT2D eigenvalue weighted by molar-refractivity contribution is -0.0144. The van der Waals surface area contributed by atoms with Crippen LogP contribution in [0.15, 0.2) is 0 Å². The van der Waals surface area contributed by atoms with E-state index in [0.717, 1.165) is 12.8 Å². The molecule has 2 N–H and O–H groups in total. The molecule has 0 saturated carbocycles. The monoisotopic (exact) mass is 362 g/mol. The molecule has 1 unspecified atom stereocenters. The lowest BCUT2D eigenvalue weighted by atomic mass is 10.0. The van der Waals surface area contributed by atoms with Gasteiger partial charge in [0.2, 0.25) is 0 Å². The summed E-state index contributed by atoms with van der Waals surface area (Å²) in [6.07, 6.45) is 13.6. The molecule has 0 aromatic carbocycles. The first-order valence-electron chi connectivity index (χ1n) is 10.3. The fraction of sp³-hybridized carbons (Fsp3) is 1.00. The van der Waals surface area contributed by atoms with Gasteiger partial charge in [0, 0.05) is 0 Å². The Morgan fingerprint density at radius 2 is 1.12 bits per heavy atom. The van der Waals surface area contributed by atoms with E-state index in [1.54, 1.807) is 0 Å². The highest BCUT2D eigenvalue weighted by Gasteiger charge is 2.04. The fourth-order valence-electron chi connectivity index (χ4n) is 2.67. The van der Waals surface area contributed by atoms with Gasteiger partial charge in [-0.05, 0) is 6.42 Å². The third-order valence-electron chi connectivity index (χ3n) is 4.18. The van der Waals surface area contributed by atoms with Crippen molar-refractivity contribution in [1.82, 2.24) is 0 Å². The quantitative estimate of drug-likeness (QED) is 0.305. The van der Waals surface area contributed by atoms with Gasteiger partial charge < -0.3 is 24.4 Å². The smallest absolute Gasteiger partial charge is 0.0773 e. The molecule has 0 aliphatic carbocycles. The summed E-state index contributed by atoms with van der Waals surface area (Å²) < 4.78 is 15.8. The molecule has 0 saturated heterocycles. The third kappa shape index (κ3) is 21.8. The van der Waals surface area contributed by atoms with Gasteiger partial charge in [-0.25, -0.2) is 0 Å². The van der Waals surface area contributed by atoms with Gasteiger partial charge >= 0.3 is 0 Å². The van der Waals surface area contributed by atoms with E-state index in [4.69, 9.17) is 19.3 Å². The molecule has 0 amide bonds. The van der Waals surface area contributed by atoms with Crippen molar-refractivity contribution in [3.05, 3.63) is 0 Å². The van der Waals surface area contributed by atoms with Crippen molar-refractivity contribution in [2.75, 3.05) is 46.2 Å². The molecule has 0 rings (SSSR count). The second kappa shape index (κ2) is 21.8. The van der Waals surface area contributed by atoms with Crippen LogP contribution in [-0.4, -0.2) is 62.6 Å². The Hall–Kier alpha value is -0.200. The predicted molar refractivity (Wildman–Crippen MR) is 102 cm³/mol. The molecule has 0 bridgehead atoms. The van der Waals surface area contributed by atoms with Gasteiger partial charge in [0.1, 0.15) is 0 Å². The lowest BCUT2D eigenvalue weighted by Crippen LogP contribution is -2.18. The second-order valence-electron chi connectivity index (χ2n) is 6.65. The van der Waals surface area contributed by atoms with Crippen molar-refractivity contribution in [1.29, 1.82) is 0 Å². The van der Waals surface area contributed by atoms with E-state index in [1.807, 2.05) is 0 Å².